The van der Waals surface area contributed by atoms with Crippen LogP contribution in [0.4, 0.5) is 9.59 Å². The van der Waals surface area contributed by atoms with Gasteiger partial charge in [-0.25, -0.2) is 19.6 Å². The number of rotatable bonds is 6. The Balaban J connectivity index is 1.13. The molecule has 6 rings (SSSR count). The first-order chi connectivity index (χ1) is 22.0. The Bertz CT molecular complexity index is 1680. The van der Waals surface area contributed by atoms with E-state index < -0.39 is 5.60 Å². The Morgan fingerprint density at radius 2 is 1.35 bits per heavy atom. The van der Waals surface area contributed by atoms with Gasteiger partial charge in [0, 0.05) is 24.3 Å². The number of aromatic nitrogens is 4. The van der Waals surface area contributed by atoms with Gasteiger partial charge in [-0.2, -0.15) is 0 Å². The van der Waals surface area contributed by atoms with Crippen molar-refractivity contribution in [2.45, 2.75) is 91.0 Å². The third-order valence-corrected chi connectivity index (χ3v) is 8.52. The number of likely N-dealkylation sites (tertiary alicyclic amines) is 2. The van der Waals surface area contributed by atoms with Gasteiger partial charge < -0.3 is 19.4 Å². The number of benzene rings is 2. The Kier molecular flexibility index (Phi) is 8.63. The van der Waals surface area contributed by atoms with E-state index in [0.717, 1.165) is 76.7 Å². The third-order valence-electron chi connectivity index (χ3n) is 8.52. The second-order valence-electron chi connectivity index (χ2n) is 13.5. The summed E-state index contributed by atoms with van der Waals surface area (Å²) in [5, 5.41) is 0. The van der Waals surface area contributed by atoms with E-state index in [-0.39, 0.29) is 30.4 Å². The number of nitrogens with one attached hydrogen (secondary N) is 2. The van der Waals surface area contributed by atoms with Crippen LogP contribution in [-0.2, 0) is 9.47 Å². The fourth-order valence-corrected chi connectivity index (χ4v) is 6.37. The van der Waals surface area contributed by atoms with Crippen LogP contribution in [0.2, 0.25) is 0 Å². The van der Waals surface area contributed by atoms with Crippen LogP contribution in [0.3, 0.4) is 0 Å². The summed E-state index contributed by atoms with van der Waals surface area (Å²) in [5.41, 5.74) is 6.50. The molecule has 2 aromatic carbocycles. The smallest absolute Gasteiger partial charge is 0.410 e. The van der Waals surface area contributed by atoms with Crippen molar-refractivity contribution in [2.24, 2.45) is 0 Å². The zero-order valence-electron chi connectivity index (χ0n) is 27.6. The molecule has 46 heavy (non-hydrogen) atoms. The van der Waals surface area contributed by atoms with Gasteiger partial charge in [-0.05, 0) is 83.9 Å². The van der Waals surface area contributed by atoms with Crippen molar-refractivity contribution in [3.8, 4) is 33.6 Å². The maximum Gasteiger partial charge on any atom is 0.410 e. The van der Waals surface area contributed by atoms with Crippen LogP contribution in [0.15, 0.2) is 54.7 Å². The van der Waals surface area contributed by atoms with Crippen LogP contribution in [-0.4, -0.2) is 66.7 Å². The van der Waals surface area contributed by atoms with Crippen LogP contribution in [0.25, 0.3) is 33.6 Å². The first-order valence-corrected chi connectivity index (χ1v) is 16.3. The van der Waals surface area contributed by atoms with Crippen molar-refractivity contribution >= 4 is 12.2 Å². The number of hydrogen-bond donors (Lipinski definition) is 2. The van der Waals surface area contributed by atoms with Crippen LogP contribution >= 0.6 is 0 Å². The Hall–Kier alpha value is -4.60. The largest absolute Gasteiger partial charge is 0.447 e. The molecular formula is C36H44N6O4. The monoisotopic (exact) mass is 624 g/mol. The lowest BCUT2D eigenvalue weighted by molar-refractivity contribution is 0.0218. The highest BCUT2D eigenvalue weighted by molar-refractivity contribution is 5.73. The first kappa shape index (κ1) is 31.4. The van der Waals surface area contributed by atoms with Gasteiger partial charge in [0.2, 0.25) is 0 Å². The minimum absolute atomic E-state index is 0.107. The number of carbonyl (C=O) groups excluding carboxylic acids is 2. The van der Waals surface area contributed by atoms with E-state index >= 15 is 0 Å². The molecule has 2 aliphatic rings. The van der Waals surface area contributed by atoms with Crippen molar-refractivity contribution in [3.63, 3.8) is 0 Å². The van der Waals surface area contributed by atoms with Crippen molar-refractivity contribution in [1.29, 1.82) is 0 Å². The van der Waals surface area contributed by atoms with Gasteiger partial charge in [0.05, 0.1) is 35.8 Å². The average molecular weight is 625 g/mol. The summed E-state index contributed by atoms with van der Waals surface area (Å²) in [6, 6.07) is 16.6. The van der Waals surface area contributed by atoms with E-state index in [1.807, 2.05) is 47.7 Å². The van der Waals surface area contributed by atoms with E-state index in [2.05, 4.69) is 63.5 Å². The molecule has 0 bridgehead atoms. The van der Waals surface area contributed by atoms with Crippen LogP contribution in [0, 0.1) is 6.92 Å². The Labute approximate surface area is 270 Å². The number of nitrogens with zero attached hydrogens (tertiary/aromatic N) is 4. The number of aryl methyl sites for hydroxylation is 1. The van der Waals surface area contributed by atoms with Gasteiger partial charge in [0.25, 0.3) is 0 Å². The SMILES string of the molecule is Cc1[nH]c(C2CCCN2C(=O)OC(C)C)nc1-c1ccc(-c2ccc(-c3cnc(C4CCCN4C(=O)OC(C)(C)C)[nH]3)cc2)cc1. The lowest BCUT2D eigenvalue weighted by Gasteiger charge is -2.27. The van der Waals surface area contributed by atoms with Gasteiger partial charge in [-0.15, -0.1) is 0 Å². The number of amides is 2. The molecule has 10 nitrogen and oxygen atoms in total. The third kappa shape index (κ3) is 6.66. The quantitative estimate of drug-likeness (QED) is 0.223. The summed E-state index contributed by atoms with van der Waals surface area (Å²) < 4.78 is 11.1. The molecule has 2 fully saturated rings. The van der Waals surface area contributed by atoms with Crippen molar-refractivity contribution in [1.82, 2.24) is 29.7 Å². The Morgan fingerprint density at radius 1 is 0.804 bits per heavy atom. The predicted octanol–water partition coefficient (Wildman–Crippen LogP) is 8.20. The summed E-state index contributed by atoms with van der Waals surface area (Å²) in [7, 11) is 0. The highest BCUT2D eigenvalue weighted by atomic mass is 16.6. The van der Waals surface area contributed by atoms with Crippen LogP contribution in [0.1, 0.15) is 89.7 Å². The second kappa shape index (κ2) is 12.7. The number of H-pyrrole nitrogens is 2. The molecule has 4 heterocycles. The molecule has 0 radical (unpaired) electrons. The second-order valence-corrected chi connectivity index (χ2v) is 13.5. The molecule has 2 aliphatic heterocycles. The lowest BCUT2D eigenvalue weighted by Crippen LogP contribution is -2.36. The van der Waals surface area contributed by atoms with E-state index in [9.17, 15) is 9.59 Å². The van der Waals surface area contributed by atoms with Crippen LogP contribution in [0.5, 0.6) is 0 Å². The zero-order valence-corrected chi connectivity index (χ0v) is 27.6. The fourth-order valence-electron chi connectivity index (χ4n) is 6.37. The van der Waals surface area contributed by atoms with Gasteiger partial charge in [-0.3, -0.25) is 9.80 Å². The van der Waals surface area contributed by atoms with E-state index in [1.165, 1.54) is 0 Å². The summed E-state index contributed by atoms with van der Waals surface area (Å²) in [5.74, 6) is 1.59. The molecule has 2 amide bonds. The predicted molar refractivity (Wildman–Crippen MR) is 177 cm³/mol. The van der Waals surface area contributed by atoms with Crippen molar-refractivity contribution in [2.75, 3.05) is 13.1 Å². The lowest BCUT2D eigenvalue weighted by atomic mass is 10.0. The molecule has 10 heteroatoms. The van der Waals surface area contributed by atoms with Gasteiger partial charge in [0.15, 0.2) is 0 Å². The van der Waals surface area contributed by atoms with Crippen molar-refractivity contribution in [3.05, 3.63) is 72.1 Å². The molecule has 242 valence electrons. The minimum atomic E-state index is -0.537. The highest BCUT2D eigenvalue weighted by Crippen LogP contribution is 2.35. The van der Waals surface area contributed by atoms with E-state index in [1.54, 1.807) is 9.80 Å². The molecule has 2 atom stereocenters. The molecule has 2 unspecified atom stereocenters. The zero-order chi connectivity index (χ0) is 32.6. The molecule has 4 aromatic rings. The minimum Gasteiger partial charge on any atom is -0.447 e. The molecule has 0 aliphatic carbocycles. The molecular weight excluding hydrogens is 580 g/mol. The number of imidazole rings is 2. The molecule has 2 saturated heterocycles. The van der Waals surface area contributed by atoms with E-state index in [0.29, 0.717) is 13.1 Å². The summed E-state index contributed by atoms with van der Waals surface area (Å²) in [4.78, 5) is 45.4. The normalized spacial score (nSPS) is 18.4. The number of aromatic amines is 2. The van der Waals surface area contributed by atoms with Gasteiger partial charge >= 0.3 is 12.2 Å². The van der Waals surface area contributed by atoms with Crippen LogP contribution < -0.4 is 0 Å². The maximum absolute atomic E-state index is 12.8. The summed E-state index contributed by atoms with van der Waals surface area (Å²) in [6.07, 6.45) is 4.66. The average Bonchev–Trinajstić information content (AvgIpc) is 3.82. The number of carbonyl (C=O) groups is 2. The molecule has 0 spiro atoms. The fraction of sp³-hybridized carbons (Fsp3) is 0.444. The van der Waals surface area contributed by atoms with Crippen molar-refractivity contribution < 1.29 is 19.1 Å². The highest BCUT2D eigenvalue weighted by Gasteiger charge is 2.35. The van der Waals surface area contributed by atoms with Gasteiger partial charge in [0.1, 0.15) is 17.2 Å². The topological polar surface area (TPSA) is 116 Å². The number of hydrogen-bond acceptors (Lipinski definition) is 6. The molecule has 2 aromatic heterocycles. The standard InChI is InChI=1S/C36H44N6O4/c1-22(2)45-34(43)41-19-8-10-30(41)33-38-23(3)31(40-33)27-17-13-25(14-18-27)24-11-15-26(16-12-24)28-21-37-32(39-28)29-9-7-20-42(29)35(44)46-36(4,5)6/h11-18,21-22,29-30H,7-10,19-20H2,1-6H3,(H,37,39)(H,38,40). The molecule has 0 saturated carbocycles. The Morgan fingerprint density at radius 3 is 1.93 bits per heavy atom. The summed E-state index contributed by atoms with van der Waals surface area (Å²) in [6.45, 7) is 12.7. The number of ether oxygens (including phenoxy) is 2. The van der Waals surface area contributed by atoms with E-state index in [4.69, 9.17) is 14.5 Å². The first-order valence-electron chi connectivity index (χ1n) is 16.3. The summed E-state index contributed by atoms with van der Waals surface area (Å²) >= 11 is 0. The maximum atomic E-state index is 12.8. The molecule has 2 N–H and O–H groups in total. The van der Waals surface area contributed by atoms with Gasteiger partial charge in [-0.1, -0.05) is 48.5 Å².